The standard InChI is InChI=1S/C25H30N4O4S/c1-19-3-9-23(10-4-19)34(31,32)27-17-24(30)28-14-11-21(12-15-28)25-26-13-16-29(25)18-20-5-7-22(33-2)8-6-20/h3-10,13,16,21,27H,11-12,14-15,17-18H2,1-2H3. The van der Waals surface area contributed by atoms with Gasteiger partial charge in [-0.25, -0.2) is 18.1 Å². The normalized spacial score (nSPS) is 14.8. The first-order chi connectivity index (χ1) is 16.4. The highest BCUT2D eigenvalue weighted by atomic mass is 32.2. The molecule has 0 aliphatic carbocycles. The first kappa shape index (κ1) is 24.0. The zero-order valence-corrected chi connectivity index (χ0v) is 20.3. The summed E-state index contributed by atoms with van der Waals surface area (Å²) in [4.78, 5) is 19.1. The summed E-state index contributed by atoms with van der Waals surface area (Å²) in [5.74, 6) is 1.88. The van der Waals surface area contributed by atoms with Crippen LogP contribution >= 0.6 is 0 Å². The highest BCUT2D eigenvalue weighted by Crippen LogP contribution is 2.27. The average molecular weight is 483 g/mol. The van der Waals surface area contributed by atoms with Crippen LogP contribution in [0, 0.1) is 6.92 Å². The zero-order valence-electron chi connectivity index (χ0n) is 19.5. The molecule has 3 aromatic rings. The fraction of sp³-hybridized carbons (Fsp3) is 0.360. The summed E-state index contributed by atoms with van der Waals surface area (Å²) in [5.41, 5.74) is 2.14. The highest BCUT2D eigenvalue weighted by Gasteiger charge is 2.27. The number of nitrogens with zero attached hydrogens (tertiary/aromatic N) is 3. The predicted octanol–water partition coefficient (Wildman–Crippen LogP) is 2.93. The summed E-state index contributed by atoms with van der Waals surface area (Å²) in [6.45, 7) is 3.52. The molecular formula is C25H30N4O4S. The molecule has 1 saturated heterocycles. The molecule has 1 aliphatic heterocycles. The van der Waals surface area contributed by atoms with Crippen LogP contribution in [-0.2, 0) is 21.4 Å². The molecule has 2 aromatic carbocycles. The number of ether oxygens (including phenoxy) is 1. The number of carbonyl (C=O) groups excluding carboxylic acids is 1. The van der Waals surface area contributed by atoms with Gasteiger partial charge in [-0.2, -0.15) is 0 Å². The van der Waals surface area contributed by atoms with Crippen LogP contribution in [0.4, 0.5) is 0 Å². The molecule has 1 amide bonds. The summed E-state index contributed by atoms with van der Waals surface area (Å²) < 4.78 is 34.7. The number of nitrogens with one attached hydrogen (secondary N) is 1. The molecular weight excluding hydrogens is 452 g/mol. The lowest BCUT2D eigenvalue weighted by Crippen LogP contribution is -2.44. The third-order valence-corrected chi connectivity index (χ3v) is 7.63. The van der Waals surface area contributed by atoms with Gasteiger partial charge in [0.2, 0.25) is 15.9 Å². The Morgan fingerprint density at radius 1 is 1.09 bits per heavy atom. The van der Waals surface area contributed by atoms with E-state index in [9.17, 15) is 13.2 Å². The molecule has 0 unspecified atom stereocenters. The zero-order chi connectivity index (χ0) is 24.1. The van der Waals surface area contributed by atoms with Crippen LogP contribution in [0.15, 0.2) is 65.8 Å². The van der Waals surface area contributed by atoms with Crippen molar-refractivity contribution in [2.45, 2.75) is 37.1 Å². The Hall–Kier alpha value is -3.17. The van der Waals surface area contributed by atoms with Gasteiger partial charge in [-0.3, -0.25) is 4.79 Å². The van der Waals surface area contributed by atoms with Crippen molar-refractivity contribution in [3.63, 3.8) is 0 Å². The Balaban J connectivity index is 1.31. The topological polar surface area (TPSA) is 93.5 Å². The second kappa shape index (κ2) is 10.4. The molecule has 34 heavy (non-hydrogen) atoms. The molecule has 9 heteroatoms. The van der Waals surface area contributed by atoms with E-state index in [0.717, 1.165) is 42.1 Å². The van der Waals surface area contributed by atoms with E-state index in [4.69, 9.17) is 4.74 Å². The molecule has 2 heterocycles. The van der Waals surface area contributed by atoms with Crippen molar-refractivity contribution in [3.8, 4) is 5.75 Å². The van der Waals surface area contributed by atoms with Crippen LogP contribution in [-0.4, -0.2) is 55.5 Å². The van der Waals surface area contributed by atoms with Crippen molar-refractivity contribution in [1.29, 1.82) is 0 Å². The van der Waals surface area contributed by atoms with Crippen LogP contribution in [0.5, 0.6) is 5.75 Å². The number of imidazole rings is 1. The lowest BCUT2D eigenvalue weighted by Gasteiger charge is -2.32. The number of carbonyl (C=O) groups is 1. The van der Waals surface area contributed by atoms with Crippen LogP contribution < -0.4 is 9.46 Å². The summed E-state index contributed by atoms with van der Waals surface area (Å²) in [5, 5.41) is 0. The lowest BCUT2D eigenvalue weighted by molar-refractivity contribution is -0.131. The van der Waals surface area contributed by atoms with E-state index in [2.05, 4.69) is 14.3 Å². The van der Waals surface area contributed by atoms with Crippen molar-refractivity contribution >= 4 is 15.9 Å². The second-order valence-electron chi connectivity index (χ2n) is 8.55. The summed E-state index contributed by atoms with van der Waals surface area (Å²) in [7, 11) is -2.06. The fourth-order valence-corrected chi connectivity index (χ4v) is 5.17. The minimum Gasteiger partial charge on any atom is -0.497 e. The van der Waals surface area contributed by atoms with Crippen LogP contribution in [0.1, 0.15) is 35.7 Å². The molecule has 1 aromatic heterocycles. The fourth-order valence-electron chi connectivity index (χ4n) is 4.20. The minimum absolute atomic E-state index is 0.160. The van der Waals surface area contributed by atoms with Gasteiger partial charge in [-0.05, 0) is 49.6 Å². The molecule has 180 valence electrons. The number of amides is 1. The van der Waals surface area contributed by atoms with E-state index in [1.165, 1.54) is 0 Å². The van der Waals surface area contributed by atoms with E-state index in [0.29, 0.717) is 13.1 Å². The Labute approximate surface area is 200 Å². The largest absolute Gasteiger partial charge is 0.497 e. The quantitative estimate of drug-likeness (QED) is 0.533. The molecule has 1 N–H and O–H groups in total. The number of aromatic nitrogens is 2. The average Bonchev–Trinajstić information content (AvgIpc) is 3.31. The van der Waals surface area contributed by atoms with Gasteiger partial charge in [0.05, 0.1) is 18.6 Å². The van der Waals surface area contributed by atoms with Crippen LogP contribution in [0.2, 0.25) is 0 Å². The first-order valence-corrected chi connectivity index (χ1v) is 12.8. The molecule has 4 rings (SSSR count). The number of hydrogen-bond donors (Lipinski definition) is 1. The molecule has 8 nitrogen and oxygen atoms in total. The maximum absolute atomic E-state index is 12.7. The van der Waals surface area contributed by atoms with Gasteiger partial charge in [0.1, 0.15) is 11.6 Å². The van der Waals surface area contributed by atoms with E-state index in [1.807, 2.05) is 43.6 Å². The first-order valence-electron chi connectivity index (χ1n) is 11.3. The van der Waals surface area contributed by atoms with E-state index in [-0.39, 0.29) is 23.3 Å². The third-order valence-electron chi connectivity index (χ3n) is 6.22. The molecule has 0 bridgehead atoms. The monoisotopic (exact) mass is 482 g/mol. The number of benzene rings is 2. The van der Waals surface area contributed by atoms with Gasteiger partial charge in [-0.15, -0.1) is 0 Å². The number of likely N-dealkylation sites (tertiary alicyclic amines) is 1. The SMILES string of the molecule is COc1ccc(Cn2ccnc2C2CCN(C(=O)CNS(=O)(=O)c3ccc(C)cc3)CC2)cc1. The Kier molecular flexibility index (Phi) is 7.33. The van der Waals surface area contributed by atoms with Crippen molar-refractivity contribution in [2.24, 2.45) is 0 Å². The van der Waals surface area contributed by atoms with E-state index < -0.39 is 10.0 Å². The summed E-state index contributed by atoms with van der Waals surface area (Å²) in [6, 6.07) is 14.5. The summed E-state index contributed by atoms with van der Waals surface area (Å²) in [6.07, 6.45) is 5.37. The van der Waals surface area contributed by atoms with Gasteiger partial charge in [0.15, 0.2) is 0 Å². The third kappa shape index (κ3) is 5.66. The van der Waals surface area contributed by atoms with Crippen molar-refractivity contribution in [1.82, 2.24) is 19.2 Å². The van der Waals surface area contributed by atoms with Crippen LogP contribution in [0.3, 0.4) is 0 Å². The molecule has 0 radical (unpaired) electrons. The number of rotatable bonds is 8. The van der Waals surface area contributed by atoms with Gasteiger partial charge in [0.25, 0.3) is 0 Å². The molecule has 0 saturated carbocycles. The number of piperidine rings is 1. The van der Waals surface area contributed by atoms with Crippen molar-refractivity contribution in [3.05, 3.63) is 77.9 Å². The van der Waals surface area contributed by atoms with Gasteiger partial charge >= 0.3 is 0 Å². The maximum Gasteiger partial charge on any atom is 0.241 e. The second-order valence-corrected chi connectivity index (χ2v) is 10.3. The summed E-state index contributed by atoms with van der Waals surface area (Å²) >= 11 is 0. The highest BCUT2D eigenvalue weighted by molar-refractivity contribution is 7.89. The lowest BCUT2D eigenvalue weighted by atomic mass is 9.95. The van der Waals surface area contributed by atoms with E-state index in [1.54, 1.807) is 36.3 Å². The predicted molar refractivity (Wildman–Crippen MR) is 129 cm³/mol. The molecule has 1 fully saturated rings. The number of sulfonamides is 1. The smallest absolute Gasteiger partial charge is 0.241 e. The Morgan fingerprint density at radius 2 is 1.76 bits per heavy atom. The maximum atomic E-state index is 12.7. The molecule has 0 spiro atoms. The van der Waals surface area contributed by atoms with E-state index >= 15 is 0 Å². The number of methoxy groups -OCH3 is 1. The van der Waals surface area contributed by atoms with Gasteiger partial charge < -0.3 is 14.2 Å². The van der Waals surface area contributed by atoms with Crippen molar-refractivity contribution < 1.29 is 17.9 Å². The van der Waals surface area contributed by atoms with Crippen molar-refractivity contribution in [2.75, 3.05) is 26.7 Å². The Morgan fingerprint density at radius 3 is 2.41 bits per heavy atom. The Bertz CT molecular complexity index is 1210. The number of aryl methyl sites for hydroxylation is 1. The molecule has 0 atom stereocenters. The van der Waals surface area contributed by atoms with Gasteiger partial charge in [0, 0.05) is 37.9 Å². The number of hydrogen-bond acceptors (Lipinski definition) is 5. The van der Waals surface area contributed by atoms with Crippen LogP contribution in [0.25, 0.3) is 0 Å². The van der Waals surface area contributed by atoms with Gasteiger partial charge in [-0.1, -0.05) is 29.8 Å². The minimum atomic E-state index is -3.72. The molecule has 1 aliphatic rings.